The molecule has 0 aromatic carbocycles. The molecule has 4 nitrogen and oxygen atoms in total. The van der Waals surface area contributed by atoms with Crippen molar-refractivity contribution >= 4 is 11.8 Å². The maximum atomic E-state index is 8.75. The molecule has 0 aliphatic rings. The van der Waals surface area contributed by atoms with E-state index in [1.807, 2.05) is 24.7 Å². The van der Waals surface area contributed by atoms with Gasteiger partial charge in [-0.2, -0.15) is 10.4 Å². The number of hydrogen-bond donors (Lipinski definition) is 1. The first kappa shape index (κ1) is 12.1. The molecule has 0 fully saturated rings. The summed E-state index contributed by atoms with van der Waals surface area (Å²) in [5.74, 6) is 0.833. The second-order valence-electron chi connectivity index (χ2n) is 3.88. The van der Waals surface area contributed by atoms with Gasteiger partial charge in [-0.15, -0.1) is 11.8 Å². The van der Waals surface area contributed by atoms with Gasteiger partial charge in [0.25, 0.3) is 0 Å². The molecular weight excluding hydrogens is 208 g/mol. The van der Waals surface area contributed by atoms with E-state index in [0.717, 1.165) is 16.5 Å². The fraction of sp³-hybridized carbons (Fsp3) is 0.600. The highest BCUT2D eigenvalue weighted by atomic mass is 32.2. The largest absolute Gasteiger partial charge is 0.314 e. The van der Waals surface area contributed by atoms with Crippen LogP contribution < -0.4 is 5.73 Å². The molecule has 0 saturated carbocycles. The Morgan fingerprint density at radius 1 is 1.73 bits per heavy atom. The molecule has 5 heteroatoms. The van der Waals surface area contributed by atoms with Crippen LogP contribution in [0.2, 0.25) is 0 Å². The van der Waals surface area contributed by atoms with Gasteiger partial charge < -0.3 is 5.73 Å². The maximum absolute atomic E-state index is 8.75. The molecule has 0 aliphatic heterocycles. The van der Waals surface area contributed by atoms with Crippen molar-refractivity contribution in [3.05, 3.63) is 11.8 Å². The third-order valence-electron chi connectivity index (χ3n) is 2.09. The number of nitrogens with zero attached hydrogens (tertiary/aromatic N) is 3. The molecule has 1 aromatic heterocycles. The zero-order valence-corrected chi connectivity index (χ0v) is 10.1. The Bertz CT molecular complexity index is 375. The highest BCUT2D eigenvalue weighted by Gasteiger charge is 2.16. The average Bonchev–Trinajstić information content (AvgIpc) is 2.45. The van der Waals surface area contributed by atoms with Gasteiger partial charge in [0, 0.05) is 12.8 Å². The van der Waals surface area contributed by atoms with Gasteiger partial charge in [-0.25, -0.2) is 0 Å². The van der Waals surface area contributed by atoms with Gasteiger partial charge in [0.2, 0.25) is 0 Å². The molecule has 1 heterocycles. The smallest absolute Gasteiger partial charge is 0.102 e. The van der Waals surface area contributed by atoms with Gasteiger partial charge in [0.15, 0.2) is 0 Å². The number of aryl methyl sites for hydroxylation is 2. The van der Waals surface area contributed by atoms with Crippen LogP contribution >= 0.6 is 11.8 Å². The molecule has 15 heavy (non-hydrogen) atoms. The summed E-state index contributed by atoms with van der Waals surface area (Å²) in [6.07, 6.45) is 0.679. The topological polar surface area (TPSA) is 67.6 Å². The first-order chi connectivity index (χ1) is 6.94. The molecule has 0 amide bonds. The van der Waals surface area contributed by atoms with Crippen molar-refractivity contribution in [3.63, 3.8) is 0 Å². The second-order valence-corrected chi connectivity index (χ2v) is 4.99. The lowest BCUT2D eigenvalue weighted by atomic mass is 10.0. The average molecular weight is 224 g/mol. The third kappa shape index (κ3) is 3.57. The van der Waals surface area contributed by atoms with E-state index in [9.17, 15) is 0 Å². The summed E-state index contributed by atoms with van der Waals surface area (Å²) in [4.78, 5) is 0. The molecule has 1 aromatic rings. The Labute approximate surface area is 94.4 Å². The molecule has 1 unspecified atom stereocenters. The minimum Gasteiger partial charge on any atom is -0.314 e. The zero-order chi connectivity index (χ0) is 11.5. The van der Waals surface area contributed by atoms with Crippen LogP contribution in [0.3, 0.4) is 0 Å². The predicted octanol–water partition coefficient (Wildman–Crippen LogP) is 1.45. The Morgan fingerprint density at radius 3 is 2.87 bits per heavy atom. The summed E-state index contributed by atoms with van der Waals surface area (Å²) in [6, 6.07) is 4.12. The van der Waals surface area contributed by atoms with Crippen molar-refractivity contribution in [2.24, 2.45) is 12.8 Å². The number of aromatic nitrogens is 2. The number of nitrogens with two attached hydrogens (primary N) is 1. The Kier molecular flexibility index (Phi) is 3.77. The predicted molar refractivity (Wildman–Crippen MR) is 61.5 cm³/mol. The van der Waals surface area contributed by atoms with Crippen molar-refractivity contribution in [1.29, 1.82) is 5.26 Å². The van der Waals surface area contributed by atoms with Gasteiger partial charge in [0.05, 0.1) is 16.8 Å². The molecule has 82 valence electrons. The SMILES string of the molecule is Cc1cc(SCCC(C)(N)C#N)n(C)n1. The van der Waals surface area contributed by atoms with Crippen LogP contribution in [-0.4, -0.2) is 21.1 Å². The third-order valence-corrected chi connectivity index (χ3v) is 3.17. The van der Waals surface area contributed by atoms with E-state index in [1.54, 1.807) is 18.7 Å². The van der Waals surface area contributed by atoms with E-state index in [-0.39, 0.29) is 0 Å². The summed E-state index contributed by atoms with van der Waals surface area (Å²) in [5.41, 5.74) is 6.01. The summed E-state index contributed by atoms with van der Waals surface area (Å²) in [7, 11) is 1.92. The van der Waals surface area contributed by atoms with Crippen molar-refractivity contribution in [2.75, 3.05) is 5.75 Å². The number of hydrogen-bond acceptors (Lipinski definition) is 4. The van der Waals surface area contributed by atoms with Crippen molar-refractivity contribution in [3.8, 4) is 6.07 Å². The van der Waals surface area contributed by atoms with E-state index >= 15 is 0 Å². The monoisotopic (exact) mass is 224 g/mol. The van der Waals surface area contributed by atoms with Gasteiger partial charge in [0.1, 0.15) is 5.54 Å². The lowest BCUT2D eigenvalue weighted by molar-refractivity contribution is 0.582. The molecule has 0 aliphatic carbocycles. The van der Waals surface area contributed by atoms with Crippen LogP contribution in [-0.2, 0) is 7.05 Å². The van der Waals surface area contributed by atoms with Crippen LogP contribution in [0.25, 0.3) is 0 Å². The normalized spacial score (nSPS) is 14.6. The summed E-state index contributed by atoms with van der Waals surface area (Å²) >= 11 is 1.68. The van der Waals surface area contributed by atoms with Crippen LogP contribution in [0, 0.1) is 18.3 Å². The lowest BCUT2D eigenvalue weighted by Crippen LogP contribution is -2.34. The quantitative estimate of drug-likeness (QED) is 0.786. The molecule has 2 N–H and O–H groups in total. The van der Waals surface area contributed by atoms with Crippen molar-refractivity contribution < 1.29 is 0 Å². The van der Waals surface area contributed by atoms with Crippen LogP contribution in [0.4, 0.5) is 0 Å². The Morgan fingerprint density at radius 2 is 2.40 bits per heavy atom. The van der Waals surface area contributed by atoms with E-state index in [4.69, 9.17) is 11.0 Å². The molecule has 1 rings (SSSR count). The second kappa shape index (κ2) is 4.69. The van der Waals surface area contributed by atoms with Gasteiger partial charge in [-0.3, -0.25) is 4.68 Å². The zero-order valence-electron chi connectivity index (χ0n) is 9.32. The maximum Gasteiger partial charge on any atom is 0.102 e. The van der Waals surface area contributed by atoms with Crippen LogP contribution in [0.5, 0.6) is 0 Å². The van der Waals surface area contributed by atoms with Crippen molar-refractivity contribution in [2.45, 2.75) is 30.8 Å². The Balaban J connectivity index is 2.46. The number of thioether (sulfide) groups is 1. The Hall–Kier alpha value is -0.990. The van der Waals surface area contributed by atoms with Gasteiger partial charge >= 0.3 is 0 Å². The van der Waals surface area contributed by atoms with E-state index in [2.05, 4.69) is 11.2 Å². The fourth-order valence-electron chi connectivity index (χ4n) is 1.15. The lowest BCUT2D eigenvalue weighted by Gasteiger charge is -2.13. The first-order valence-electron chi connectivity index (χ1n) is 4.78. The number of nitriles is 1. The molecule has 0 radical (unpaired) electrons. The van der Waals surface area contributed by atoms with E-state index < -0.39 is 5.54 Å². The summed E-state index contributed by atoms with van der Waals surface area (Å²) < 4.78 is 1.85. The minimum atomic E-state index is -0.722. The standard InChI is InChI=1S/C10H16N4S/c1-8-6-9(14(3)13-8)15-5-4-10(2,12)7-11/h6H,4-5,12H2,1-3H3. The van der Waals surface area contributed by atoms with Crippen LogP contribution in [0.15, 0.2) is 11.1 Å². The van der Waals surface area contributed by atoms with Crippen LogP contribution in [0.1, 0.15) is 19.0 Å². The van der Waals surface area contributed by atoms with E-state index in [0.29, 0.717) is 6.42 Å². The van der Waals surface area contributed by atoms with Gasteiger partial charge in [-0.05, 0) is 26.3 Å². The highest BCUT2D eigenvalue weighted by molar-refractivity contribution is 7.99. The first-order valence-corrected chi connectivity index (χ1v) is 5.77. The number of rotatable bonds is 4. The summed E-state index contributed by atoms with van der Waals surface area (Å²) in [5, 5.41) is 14.1. The fourth-order valence-corrected chi connectivity index (χ4v) is 2.36. The molecule has 0 bridgehead atoms. The molecular formula is C10H16N4S. The molecule has 1 atom stereocenters. The molecule has 0 spiro atoms. The van der Waals surface area contributed by atoms with Gasteiger partial charge in [-0.1, -0.05) is 0 Å². The molecule has 0 saturated heterocycles. The van der Waals surface area contributed by atoms with Crippen molar-refractivity contribution in [1.82, 2.24) is 9.78 Å². The summed E-state index contributed by atoms with van der Waals surface area (Å²) in [6.45, 7) is 3.72. The highest BCUT2D eigenvalue weighted by Crippen LogP contribution is 2.21. The minimum absolute atomic E-state index is 0.679. The van der Waals surface area contributed by atoms with E-state index in [1.165, 1.54) is 0 Å².